The van der Waals surface area contributed by atoms with Gasteiger partial charge in [-0.1, -0.05) is 24.3 Å². The number of methoxy groups -OCH3 is 1. The lowest BCUT2D eigenvalue weighted by atomic mass is 10.0. The number of nitrogens with zero attached hydrogens (tertiary/aromatic N) is 4. The average molecular weight is 353 g/mol. The van der Waals surface area contributed by atoms with Gasteiger partial charge in [0, 0.05) is 28.0 Å². The molecule has 1 N–H and O–H groups in total. The maximum absolute atomic E-state index is 5.19. The number of hydrogen-bond acceptors (Lipinski definition) is 6. The van der Waals surface area contributed by atoms with Gasteiger partial charge in [0.1, 0.15) is 16.8 Å². The summed E-state index contributed by atoms with van der Waals surface area (Å²) in [5.74, 6) is 1.23. The van der Waals surface area contributed by atoms with Crippen LogP contribution in [0.3, 0.4) is 0 Å². The fourth-order valence-electron chi connectivity index (χ4n) is 3.26. The van der Waals surface area contributed by atoms with Crippen LogP contribution in [-0.4, -0.2) is 27.3 Å². The van der Waals surface area contributed by atoms with E-state index in [0.29, 0.717) is 5.95 Å². The first-order valence-electron chi connectivity index (χ1n) is 8.54. The van der Waals surface area contributed by atoms with E-state index in [4.69, 9.17) is 9.72 Å². The van der Waals surface area contributed by atoms with E-state index in [1.807, 2.05) is 54.6 Å². The lowest BCUT2D eigenvalue weighted by Gasteiger charge is -2.09. The Morgan fingerprint density at radius 1 is 0.741 bits per heavy atom. The Balaban J connectivity index is 1.70. The molecule has 0 bridgehead atoms. The van der Waals surface area contributed by atoms with Gasteiger partial charge in [-0.2, -0.15) is 0 Å². The molecule has 0 aliphatic carbocycles. The fourth-order valence-corrected chi connectivity index (χ4v) is 3.26. The van der Waals surface area contributed by atoms with Gasteiger partial charge in [-0.15, -0.1) is 10.2 Å². The standard InChI is InChI=1S/C21H15N5O/c1-27-14-10-8-13(9-11-14)23-21-24-19-17-7-4-12-22-18(17)15-5-2-3-6-16(15)20(19)25-26-21/h2-12H,1H3,(H,23,24,26). The van der Waals surface area contributed by atoms with E-state index < -0.39 is 0 Å². The zero-order valence-electron chi connectivity index (χ0n) is 14.5. The molecule has 5 aromatic rings. The Morgan fingerprint density at radius 3 is 2.26 bits per heavy atom. The van der Waals surface area contributed by atoms with Crippen molar-refractivity contribution in [3.8, 4) is 5.75 Å². The van der Waals surface area contributed by atoms with Gasteiger partial charge in [-0.3, -0.25) is 4.98 Å². The number of fused-ring (bicyclic) bond motifs is 6. The Hall–Kier alpha value is -3.80. The second-order valence-electron chi connectivity index (χ2n) is 6.13. The number of benzene rings is 3. The quantitative estimate of drug-likeness (QED) is 0.482. The highest BCUT2D eigenvalue weighted by molar-refractivity contribution is 6.21. The third-order valence-electron chi connectivity index (χ3n) is 4.53. The van der Waals surface area contributed by atoms with E-state index in [0.717, 1.165) is 44.1 Å². The smallest absolute Gasteiger partial charge is 0.247 e. The summed E-state index contributed by atoms with van der Waals surface area (Å²) in [6, 6.07) is 19.6. The van der Waals surface area contributed by atoms with Gasteiger partial charge < -0.3 is 10.1 Å². The maximum Gasteiger partial charge on any atom is 0.247 e. The van der Waals surface area contributed by atoms with Gasteiger partial charge in [-0.05, 0) is 36.4 Å². The zero-order valence-corrected chi connectivity index (χ0v) is 14.5. The molecule has 0 saturated carbocycles. The first-order valence-corrected chi connectivity index (χ1v) is 8.54. The molecule has 0 spiro atoms. The van der Waals surface area contributed by atoms with Crippen molar-refractivity contribution in [1.82, 2.24) is 20.2 Å². The summed E-state index contributed by atoms with van der Waals surface area (Å²) in [6.45, 7) is 0. The summed E-state index contributed by atoms with van der Waals surface area (Å²) >= 11 is 0. The monoisotopic (exact) mass is 353 g/mol. The van der Waals surface area contributed by atoms with Gasteiger partial charge in [0.05, 0.1) is 12.6 Å². The van der Waals surface area contributed by atoms with Crippen molar-refractivity contribution in [3.63, 3.8) is 0 Å². The molecule has 0 aliphatic rings. The number of ether oxygens (including phenoxy) is 1. The molecule has 6 nitrogen and oxygen atoms in total. The minimum absolute atomic E-state index is 0.438. The second-order valence-corrected chi connectivity index (χ2v) is 6.13. The van der Waals surface area contributed by atoms with E-state index in [2.05, 4.69) is 26.6 Å². The van der Waals surface area contributed by atoms with Crippen molar-refractivity contribution in [2.45, 2.75) is 0 Å². The molecule has 0 unspecified atom stereocenters. The lowest BCUT2D eigenvalue weighted by Crippen LogP contribution is -2.01. The normalized spacial score (nSPS) is 11.1. The zero-order chi connectivity index (χ0) is 18.2. The molecule has 6 heteroatoms. The minimum Gasteiger partial charge on any atom is -0.497 e. The summed E-state index contributed by atoms with van der Waals surface area (Å²) in [5.41, 5.74) is 3.32. The largest absolute Gasteiger partial charge is 0.497 e. The molecule has 0 amide bonds. The van der Waals surface area contributed by atoms with E-state index in [1.165, 1.54) is 0 Å². The third-order valence-corrected chi connectivity index (χ3v) is 4.53. The molecule has 5 rings (SSSR count). The van der Waals surface area contributed by atoms with Gasteiger partial charge in [0.15, 0.2) is 0 Å². The number of pyridine rings is 1. The Bertz CT molecular complexity index is 1250. The summed E-state index contributed by atoms with van der Waals surface area (Å²) < 4.78 is 5.19. The van der Waals surface area contributed by atoms with Crippen LogP contribution in [0.25, 0.3) is 32.7 Å². The number of aromatic nitrogens is 4. The molecule has 0 atom stereocenters. The highest BCUT2D eigenvalue weighted by atomic mass is 16.5. The van der Waals surface area contributed by atoms with E-state index in [1.54, 1.807) is 13.3 Å². The lowest BCUT2D eigenvalue weighted by molar-refractivity contribution is 0.415. The molecular formula is C21H15N5O. The molecule has 0 fully saturated rings. The molecule has 0 aliphatic heterocycles. The number of nitrogens with one attached hydrogen (secondary N) is 1. The highest BCUT2D eigenvalue weighted by Crippen LogP contribution is 2.31. The van der Waals surface area contributed by atoms with Gasteiger partial charge in [0.2, 0.25) is 5.95 Å². The number of hydrogen-bond donors (Lipinski definition) is 1. The molecule has 130 valence electrons. The highest BCUT2D eigenvalue weighted by Gasteiger charge is 2.12. The molecule has 0 saturated heterocycles. The summed E-state index contributed by atoms with van der Waals surface area (Å²) in [5, 5.41) is 14.9. The van der Waals surface area contributed by atoms with Crippen LogP contribution in [0, 0.1) is 0 Å². The Labute approximate surface area is 154 Å². The Morgan fingerprint density at radius 2 is 1.48 bits per heavy atom. The minimum atomic E-state index is 0.438. The molecule has 27 heavy (non-hydrogen) atoms. The molecule has 0 radical (unpaired) electrons. The predicted molar refractivity (Wildman–Crippen MR) is 106 cm³/mol. The van der Waals surface area contributed by atoms with Crippen LogP contribution in [0.15, 0.2) is 66.9 Å². The average Bonchev–Trinajstić information content (AvgIpc) is 2.74. The van der Waals surface area contributed by atoms with Crippen molar-refractivity contribution < 1.29 is 4.74 Å². The number of rotatable bonds is 3. The summed E-state index contributed by atoms with van der Waals surface area (Å²) in [7, 11) is 1.64. The first-order chi connectivity index (χ1) is 13.3. The van der Waals surface area contributed by atoms with Crippen molar-refractivity contribution in [2.24, 2.45) is 0 Å². The second kappa shape index (κ2) is 6.17. The molecule has 3 aromatic carbocycles. The van der Waals surface area contributed by atoms with Crippen molar-refractivity contribution in [2.75, 3.05) is 12.4 Å². The summed E-state index contributed by atoms with van der Waals surface area (Å²) in [4.78, 5) is 9.31. The van der Waals surface area contributed by atoms with Crippen LogP contribution >= 0.6 is 0 Å². The van der Waals surface area contributed by atoms with Crippen LogP contribution < -0.4 is 10.1 Å². The van der Waals surface area contributed by atoms with E-state index >= 15 is 0 Å². The van der Waals surface area contributed by atoms with Crippen LogP contribution in [0.5, 0.6) is 5.75 Å². The molecule has 2 heterocycles. The topological polar surface area (TPSA) is 72.8 Å². The SMILES string of the molecule is COc1ccc(Nc2nnc3c4ccccc4c4ncccc4c3n2)cc1. The van der Waals surface area contributed by atoms with Crippen molar-refractivity contribution in [1.29, 1.82) is 0 Å². The third kappa shape index (κ3) is 2.58. The Kier molecular flexibility index (Phi) is 3.53. The van der Waals surface area contributed by atoms with Crippen molar-refractivity contribution >= 4 is 44.3 Å². The fraction of sp³-hybridized carbons (Fsp3) is 0.0476. The van der Waals surface area contributed by atoms with Crippen molar-refractivity contribution in [3.05, 3.63) is 66.9 Å². The van der Waals surface area contributed by atoms with Gasteiger partial charge in [0.25, 0.3) is 0 Å². The van der Waals surface area contributed by atoms with E-state index in [9.17, 15) is 0 Å². The maximum atomic E-state index is 5.19. The van der Waals surface area contributed by atoms with Crippen LogP contribution in [0.4, 0.5) is 11.6 Å². The molecule has 2 aromatic heterocycles. The van der Waals surface area contributed by atoms with Gasteiger partial charge >= 0.3 is 0 Å². The first kappa shape index (κ1) is 15.5. The van der Waals surface area contributed by atoms with E-state index in [-0.39, 0.29) is 0 Å². The van der Waals surface area contributed by atoms with Crippen LogP contribution in [-0.2, 0) is 0 Å². The van der Waals surface area contributed by atoms with Crippen LogP contribution in [0.1, 0.15) is 0 Å². The predicted octanol–water partition coefficient (Wildman–Crippen LogP) is 4.48. The summed E-state index contributed by atoms with van der Waals surface area (Å²) in [6.07, 6.45) is 1.80. The van der Waals surface area contributed by atoms with Crippen LogP contribution in [0.2, 0.25) is 0 Å². The number of anilines is 2. The molecular weight excluding hydrogens is 338 g/mol. The van der Waals surface area contributed by atoms with Gasteiger partial charge in [-0.25, -0.2) is 4.98 Å².